The molecule has 4 nitrogen and oxygen atoms in total. The molecule has 0 spiro atoms. The molecule has 0 saturated heterocycles. The van der Waals surface area contributed by atoms with Crippen molar-refractivity contribution in [2.24, 2.45) is 22.5 Å². The zero-order chi connectivity index (χ0) is 14.3. The van der Waals surface area contributed by atoms with Gasteiger partial charge in [-0.15, -0.1) is 0 Å². The number of rotatable bonds is 4. The van der Waals surface area contributed by atoms with E-state index in [-0.39, 0.29) is 5.91 Å². The zero-order valence-electron chi connectivity index (χ0n) is 12.2. The van der Waals surface area contributed by atoms with Crippen molar-refractivity contribution in [3.63, 3.8) is 0 Å². The highest BCUT2D eigenvalue weighted by molar-refractivity contribution is 5.94. The molecule has 1 saturated carbocycles. The summed E-state index contributed by atoms with van der Waals surface area (Å²) in [6.45, 7) is 10.1. The first-order valence-electron chi connectivity index (χ1n) is 6.74. The summed E-state index contributed by atoms with van der Waals surface area (Å²) in [6, 6.07) is 3.47. The third kappa shape index (κ3) is 2.37. The quantitative estimate of drug-likeness (QED) is 0.870. The number of hydrogen-bond donors (Lipinski definition) is 2. The SMILES string of the molecule is CC1(C)C(CNC(=O)c2ccnc(CN)c2)C1(C)C. The fourth-order valence-electron chi connectivity index (χ4n) is 2.87. The number of nitrogens with one attached hydrogen (secondary N) is 1. The minimum Gasteiger partial charge on any atom is -0.352 e. The van der Waals surface area contributed by atoms with Gasteiger partial charge >= 0.3 is 0 Å². The molecule has 1 aromatic heterocycles. The molecule has 1 aliphatic rings. The van der Waals surface area contributed by atoms with E-state index in [2.05, 4.69) is 38.0 Å². The van der Waals surface area contributed by atoms with Gasteiger partial charge in [-0.2, -0.15) is 0 Å². The van der Waals surface area contributed by atoms with Gasteiger partial charge in [0.2, 0.25) is 0 Å². The normalized spacial score (nSPS) is 20.1. The van der Waals surface area contributed by atoms with E-state index in [0.29, 0.717) is 28.9 Å². The summed E-state index contributed by atoms with van der Waals surface area (Å²) in [6.07, 6.45) is 1.63. The van der Waals surface area contributed by atoms with Gasteiger partial charge < -0.3 is 11.1 Å². The summed E-state index contributed by atoms with van der Waals surface area (Å²) in [4.78, 5) is 16.2. The van der Waals surface area contributed by atoms with Gasteiger partial charge in [-0.25, -0.2) is 0 Å². The third-order valence-corrected chi connectivity index (χ3v) is 5.07. The summed E-state index contributed by atoms with van der Waals surface area (Å²) < 4.78 is 0. The lowest BCUT2D eigenvalue weighted by Crippen LogP contribution is -2.27. The fourth-order valence-corrected chi connectivity index (χ4v) is 2.87. The lowest BCUT2D eigenvalue weighted by atomic mass is 10.0. The molecule has 0 atom stereocenters. The topological polar surface area (TPSA) is 68.0 Å². The van der Waals surface area contributed by atoms with Crippen molar-refractivity contribution < 1.29 is 4.79 Å². The Morgan fingerprint density at radius 3 is 2.53 bits per heavy atom. The first-order valence-corrected chi connectivity index (χ1v) is 6.74. The van der Waals surface area contributed by atoms with E-state index in [1.54, 1.807) is 18.3 Å². The van der Waals surface area contributed by atoms with E-state index < -0.39 is 0 Å². The first kappa shape index (κ1) is 14.0. The number of aromatic nitrogens is 1. The van der Waals surface area contributed by atoms with Gasteiger partial charge in [-0.1, -0.05) is 27.7 Å². The number of amides is 1. The standard InChI is InChI=1S/C15H23N3O/c1-14(2)12(15(14,3)4)9-18-13(19)10-5-6-17-11(7-10)8-16/h5-7,12H,8-9,16H2,1-4H3,(H,18,19). The van der Waals surface area contributed by atoms with Crippen molar-refractivity contribution in [3.05, 3.63) is 29.6 Å². The predicted octanol–water partition coefficient (Wildman–Crippen LogP) is 1.95. The molecule has 104 valence electrons. The van der Waals surface area contributed by atoms with E-state index in [1.807, 2.05) is 0 Å². The van der Waals surface area contributed by atoms with Crippen LogP contribution in [0.15, 0.2) is 18.3 Å². The van der Waals surface area contributed by atoms with Crippen molar-refractivity contribution in [1.82, 2.24) is 10.3 Å². The van der Waals surface area contributed by atoms with Crippen molar-refractivity contribution in [3.8, 4) is 0 Å². The van der Waals surface area contributed by atoms with E-state index in [0.717, 1.165) is 12.2 Å². The number of pyridine rings is 1. The number of hydrogen-bond acceptors (Lipinski definition) is 3. The highest BCUT2D eigenvalue weighted by atomic mass is 16.1. The Kier molecular flexibility index (Phi) is 3.39. The molecule has 1 aliphatic carbocycles. The Morgan fingerprint density at radius 1 is 1.37 bits per heavy atom. The van der Waals surface area contributed by atoms with Gasteiger partial charge in [0, 0.05) is 24.8 Å². The van der Waals surface area contributed by atoms with Crippen LogP contribution in [-0.4, -0.2) is 17.4 Å². The van der Waals surface area contributed by atoms with Crippen LogP contribution in [0, 0.1) is 16.7 Å². The second-order valence-corrected chi connectivity index (χ2v) is 6.45. The van der Waals surface area contributed by atoms with Gasteiger partial charge in [0.25, 0.3) is 5.91 Å². The number of carbonyl (C=O) groups is 1. The molecule has 4 heteroatoms. The molecule has 19 heavy (non-hydrogen) atoms. The minimum absolute atomic E-state index is 0.0457. The maximum Gasteiger partial charge on any atom is 0.251 e. The second-order valence-electron chi connectivity index (χ2n) is 6.45. The van der Waals surface area contributed by atoms with Gasteiger partial charge in [-0.05, 0) is 28.9 Å². The van der Waals surface area contributed by atoms with Crippen molar-refractivity contribution in [2.45, 2.75) is 34.2 Å². The van der Waals surface area contributed by atoms with E-state index in [9.17, 15) is 4.79 Å². The molecule has 0 bridgehead atoms. The van der Waals surface area contributed by atoms with Gasteiger partial charge in [-0.3, -0.25) is 9.78 Å². The van der Waals surface area contributed by atoms with Crippen molar-refractivity contribution in [1.29, 1.82) is 0 Å². The number of nitrogens with two attached hydrogens (primary N) is 1. The molecule has 3 N–H and O–H groups in total. The largest absolute Gasteiger partial charge is 0.352 e. The molecule has 1 heterocycles. The lowest BCUT2D eigenvalue weighted by molar-refractivity contribution is 0.0949. The Bertz CT molecular complexity index is 480. The molecular formula is C15H23N3O. The predicted molar refractivity (Wildman–Crippen MR) is 75.5 cm³/mol. The summed E-state index contributed by atoms with van der Waals surface area (Å²) in [7, 11) is 0. The Balaban J connectivity index is 1.96. The monoisotopic (exact) mass is 261 g/mol. The summed E-state index contributed by atoms with van der Waals surface area (Å²) in [5.41, 5.74) is 7.48. The second kappa shape index (κ2) is 4.60. The zero-order valence-corrected chi connectivity index (χ0v) is 12.2. The third-order valence-electron chi connectivity index (χ3n) is 5.07. The minimum atomic E-state index is -0.0457. The molecule has 0 unspecified atom stereocenters. The summed E-state index contributed by atoms with van der Waals surface area (Å²) in [5.74, 6) is 0.482. The van der Waals surface area contributed by atoms with Crippen LogP contribution in [0.3, 0.4) is 0 Å². The number of carbonyl (C=O) groups excluding carboxylic acids is 1. The van der Waals surface area contributed by atoms with E-state index in [1.165, 1.54) is 0 Å². The summed E-state index contributed by atoms with van der Waals surface area (Å²) in [5, 5.41) is 3.02. The Labute approximate surface area is 114 Å². The molecule has 2 rings (SSSR count). The Hall–Kier alpha value is -1.42. The van der Waals surface area contributed by atoms with Gasteiger partial charge in [0.15, 0.2) is 0 Å². The van der Waals surface area contributed by atoms with Crippen LogP contribution in [0.4, 0.5) is 0 Å². The maximum atomic E-state index is 12.1. The van der Waals surface area contributed by atoms with Crippen molar-refractivity contribution in [2.75, 3.05) is 6.54 Å². The summed E-state index contributed by atoms with van der Waals surface area (Å²) >= 11 is 0. The van der Waals surface area contributed by atoms with Crippen LogP contribution >= 0.6 is 0 Å². The molecule has 0 aliphatic heterocycles. The average molecular weight is 261 g/mol. The smallest absolute Gasteiger partial charge is 0.251 e. The first-order chi connectivity index (χ1) is 8.80. The Morgan fingerprint density at radius 2 is 2.00 bits per heavy atom. The van der Waals surface area contributed by atoms with Crippen LogP contribution in [0.25, 0.3) is 0 Å². The van der Waals surface area contributed by atoms with Crippen LogP contribution in [0.1, 0.15) is 43.7 Å². The van der Waals surface area contributed by atoms with Crippen LogP contribution in [-0.2, 0) is 6.54 Å². The molecule has 1 aromatic rings. The number of nitrogens with zero attached hydrogens (tertiary/aromatic N) is 1. The van der Waals surface area contributed by atoms with Crippen molar-refractivity contribution >= 4 is 5.91 Å². The van der Waals surface area contributed by atoms with Crippen LogP contribution in [0.2, 0.25) is 0 Å². The molecule has 0 aromatic carbocycles. The molecular weight excluding hydrogens is 238 g/mol. The van der Waals surface area contributed by atoms with Crippen LogP contribution < -0.4 is 11.1 Å². The highest BCUT2D eigenvalue weighted by Gasteiger charge is 2.64. The lowest BCUT2D eigenvalue weighted by Gasteiger charge is -2.07. The molecule has 1 amide bonds. The van der Waals surface area contributed by atoms with E-state index >= 15 is 0 Å². The fraction of sp³-hybridized carbons (Fsp3) is 0.600. The van der Waals surface area contributed by atoms with Crippen LogP contribution in [0.5, 0.6) is 0 Å². The molecule has 1 fully saturated rings. The van der Waals surface area contributed by atoms with E-state index in [4.69, 9.17) is 5.73 Å². The van der Waals surface area contributed by atoms with Gasteiger partial charge in [0.05, 0.1) is 5.69 Å². The van der Waals surface area contributed by atoms with Gasteiger partial charge in [0.1, 0.15) is 0 Å². The molecule has 0 radical (unpaired) electrons. The average Bonchev–Trinajstić information content (AvgIpc) is 2.77. The highest BCUT2D eigenvalue weighted by Crippen LogP contribution is 2.67. The maximum absolute atomic E-state index is 12.1.